The molecule has 0 saturated heterocycles. The van der Waals surface area contributed by atoms with Gasteiger partial charge in [-0.2, -0.15) is 0 Å². The highest BCUT2D eigenvalue weighted by Crippen LogP contribution is 2.32. The van der Waals surface area contributed by atoms with Gasteiger partial charge in [0.15, 0.2) is 0 Å². The molecule has 1 aliphatic carbocycles. The van der Waals surface area contributed by atoms with Crippen LogP contribution < -0.4 is 4.74 Å². The standard InChI is InChI=1S/C17H25NO4/c1-18(10-9-17(21)7-3-4-8-17)12-13-5-6-15(22-2)14(11-13)16(19)20/h5-6,11,21H,3-4,7-10,12H2,1-2H3,(H,19,20). The summed E-state index contributed by atoms with van der Waals surface area (Å²) >= 11 is 0. The Morgan fingerprint density at radius 1 is 1.36 bits per heavy atom. The van der Waals surface area contributed by atoms with E-state index in [2.05, 4.69) is 4.90 Å². The Bertz CT molecular complexity index is 523. The van der Waals surface area contributed by atoms with Crippen molar-refractivity contribution in [3.8, 4) is 5.75 Å². The molecule has 22 heavy (non-hydrogen) atoms. The van der Waals surface area contributed by atoms with E-state index in [1.807, 2.05) is 13.1 Å². The van der Waals surface area contributed by atoms with Gasteiger partial charge >= 0.3 is 5.97 Å². The van der Waals surface area contributed by atoms with Gasteiger partial charge in [-0.05, 0) is 44.0 Å². The fourth-order valence-corrected chi connectivity index (χ4v) is 3.09. The van der Waals surface area contributed by atoms with E-state index in [0.717, 1.165) is 44.2 Å². The summed E-state index contributed by atoms with van der Waals surface area (Å²) in [6, 6.07) is 5.23. The minimum absolute atomic E-state index is 0.183. The first-order valence-corrected chi connectivity index (χ1v) is 7.75. The Kier molecular flexibility index (Phi) is 5.42. The van der Waals surface area contributed by atoms with Crippen LogP contribution in [-0.4, -0.2) is 47.4 Å². The molecule has 0 radical (unpaired) electrons. The van der Waals surface area contributed by atoms with Gasteiger partial charge in [0, 0.05) is 13.1 Å². The highest BCUT2D eigenvalue weighted by atomic mass is 16.5. The maximum atomic E-state index is 11.2. The molecule has 0 heterocycles. The van der Waals surface area contributed by atoms with E-state index in [4.69, 9.17) is 4.74 Å². The van der Waals surface area contributed by atoms with Gasteiger partial charge in [-0.3, -0.25) is 0 Å². The van der Waals surface area contributed by atoms with Gasteiger partial charge in [-0.1, -0.05) is 18.9 Å². The molecule has 0 amide bonds. The van der Waals surface area contributed by atoms with Crippen LogP contribution in [0.5, 0.6) is 5.75 Å². The van der Waals surface area contributed by atoms with Crippen LogP contribution in [0.15, 0.2) is 18.2 Å². The van der Waals surface area contributed by atoms with Crippen LogP contribution in [0.2, 0.25) is 0 Å². The number of nitrogens with zero attached hydrogens (tertiary/aromatic N) is 1. The second-order valence-corrected chi connectivity index (χ2v) is 6.26. The molecule has 0 atom stereocenters. The number of carboxylic acid groups (broad SMARTS) is 1. The van der Waals surface area contributed by atoms with E-state index in [0.29, 0.717) is 12.3 Å². The van der Waals surface area contributed by atoms with E-state index in [9.17, 15) is 15.0 Å². The maximum absolute atomic E-state index is 11.2. The fraction of sp³-hybridized carbons (Fsp3) is 0.588. The molecule has 1 aromatic carbocycles. The zero-order chi connectivity index (χ0) is 16.2. The second kappa shape index (κ2) is 7.11. The zero-order valence-electron chi connectivity index (χ0n) is 13.3. The molecule has 0 aromatic heterocycles. The molecule has 0 aliphatic heterocycles. The summed E-state index contributed by atoms with van der Waals surface area (Å²) in [5.41, 5.74) is 0.613. The topological polar surface area (TPSA) is 70.0 Å². The van der Waals surface area contributed by atoms with E-state index in [1.54, 1.807) is 12.1 Å². The molecule has 5 heteroatoms. The normalized spacial score (nSPS) is 16.9. The summed E-state index contributed by atoms with van der Waals surface area (Å²) in [6.07, 6.45) is 4.78. The molecular weight excluding hydrogens is 282 g/mol. The van der Waals surface area contributed by atoms with E-state index in [-0.39, 0.29) is 5.56 Å². The first-order valence-electron chi connectivity index (χ1n) is 7.75. The molecule has 1 saturated carbocycles. The largest absolute Gasteiger partial charge is 0.496 e. The Morgan fingerprint density at radius 2 is 2.05 bits per heavy atom. The van der Waals surface area contributed by atoms with Crippen molar-refractivity contribution in [1.82, 2.24) is 4.90 Å². The molecule has 1 aromatic rings. The number of aromatic carboxylic acids is 1. The minimum atomic E-state index is -0.985. The number of hydrogen-bond donors (Lipinski definition) is 2. The Labute approximate surface area is 131 Å². The molecule has 0 bridgehead atoms. The second-order valence-electron chi connectivity index (χ2n) is 6.26. The lowest BCUT2D eigenvalue weighted by Gasteiger charge is -2.25. The van der Waals surface area contributed by atoms with Crippen LogP contribution in [0.1, 0.15) is 48.0 Å². The average Bonchev–Trinajstić information content (AvgIpc) is 2.92. The van der Waals surface area contributed by atoms with Crippen molar-refractivity contribution in [3.05, 3.63) is 29.3 Å². The number of aliphatic hydroxyl groups is 1. The third-order valence-corrected chi connectivity index (χ3v) is 4.44. The van der Waals surface area contributed by atoms with Crippen LogP contribution in [0, 0.1) is 0 Å². The summed E-state index contributed by atoms with van der Waals surface area (Å²) < 4.78 is 5.07. The van der Waals surface area contributed by atoms with Gasteiger partial charge in [0.1, 0.15) is 11.3 Å². The summed E-state index contributed by atoms with van der Waals surface area (Å²) in [5.74, 6) is -0.610. The van der Waals surface area contributed by atoms with E-state index >= 15 is 0 Å². The van der Waals surface area contributed by atoms with Crippen LogP contribution in [0.3, 0.4) is 0 Å². The van der Waals surface area contributed by atoms with Gasteiger partial charge in [-0.15, -0.1) is 0 Å². The summed E-state index contributed by atoms with van der Waals surface area (Å²) in [5, 5.41) is 19.6. The minimum Gasteiger partial charge on any atom is -0.496 e. The highest BCUT2D eigenvalue weighted by Gasteiger charge is 2.30. The van der Waals surface area contributed by atoms with Crippen molar-refractivity contribution in [3.63, 3.8) is 0 Å². The summed E-state index contributed by atoms with van der Waals surface area (Å²) in [6.45, 7) is 1.45. The maximum Gasteiger partial charge on any atom is 0.339 e. The van der Waals surface area contributed by atoms with Crippen molar-refractivity contribution in [2.45, 2.75) is 44.2 Å². The number of carboxylic acids is 1. The molecule has 1 fully saturated rings. The molecule has 122 valence electrons. The smallest absolute Gasteiger partial charge is 0.339 e. The quantitative estimate of drug-likeness (QED) is 0.810. The average molecular weight is 307 g/mol. The van der Waals surface area contributed by atoms with E-state index < -0.39 is 11.6 Å². The SMILES string of the molecule is COc1ccc(CN(C)CCC2(O)CCCC2)cc1C(=O)O. The number of rotatable bonds is 7. The number of carbonyl (C=O) groups is 1. The molecule has 0 unspecified atom stereocenters. The van der Waals surface area contributed by atoms with Crippen molar-refractivity contribution in [1.29, 1.82) is 0 Å². The lowest BCUT2D eigenvalue weighted by Crippen LogP contribution is -2.31. The fourth-order valence-electron chi connectivity index (χ4n) is 3.09. The Balaban J connectivity index is 1.95. The van der Waals surface area contributed by atoms with Gasteiger partial charge < -0.3 is 19.8 Å². The monoisotopic (exact) mass is 307 g/mol. The first kappa shape index (κ1) is 16.8. The number of ether oxygens (including phenoxy) is 1. The summed E-state index contributed by atoms with van der Waals surface area (Å²) in [4.78, 5) is 13.3. The molecular formula is C17H25NO4. The molecule has 2 rings (SSSR count). The Hall–Kier alpha value is -1.59. The number of hydrogen-bond acceptors (Lipinski definition) is 4. The van der Waals surface area contributed by atoms with Gasteiger partial charge in [0.2, 0.25) is 0 Å². The lowest BCUT2D eigenvalue weighted by atomic mass is 9.98. The summed E-state index contributed by atoms with van der Waals surface area (Å²) in [7, 11) is 3.46. The van der Waals surface area contributed by atoms with Crippen LogP contribution in [-0.2, 0) is 6.54 Å². The third-order valence-electron chi connectivity index (χ3n) is 4.44. The Morgan fingerprint density at radius 3 is 2.64 bits per heavy atom. The first-order chi connectivity index (χ1) is 10.4. The lowest BCUT2D eigenvalue weighted by molar-refractivity contribution is 0.0297. The third kappa shape index (κ3) is 4.21. The molecule has 0 spiro atoms. The van der Waals surface area contributed by atoms with E-state index in [1.165, 1.54) is 7.11 Å². The molecule has 1 aliphatic rings. The van der Waals surface area contributed by atoms with Crippen LogP contribution >= 0.6 is 0 Å². The number of benzene rings is 1. The van der Waals surface area contributed by atoms with Crippen LogP contribution in [0.4, 0.5) is 0 Å². The predicted molar refractivity (Wildman–Crippen MR) is 84.3 cm³/mol. The van der Waals surface area contributed by atoms with Gasteiger partial charge in [0.25, 0.3) is 0 Å². The molecule has 5 nitrogen and oxygen atoms in total. The van der Waals surface area contributed by atoms with Crippen molar-refractivity contribution in [2.75, 3.05) is 20.7 Å². The van der Waals surface area contributed by atoms with Gasteiger partial charge in [-0.25, -0.2) is 4.79 Å². The molecule has 2 N–H and O–H groups in total. The van der Waals surface area contributed by atoms with Crippen molar-refractivity contribution < 1.29 is 19.7 Å². The van der Waals surface area contributed by atoms with Crippen molar-refractivity contribution in [2.24, 2.45) is 0 Å². The predicted octanol–water partition coefficient (Wildman–Crippen LogP) is 2.52. The number of methoxy groups -OCH3 is 1. The highest BCUT2D eigenvalue weighted by molar-refractivity contribution is 5.91. The van der Waals surface area contributed by atoms with Crippen LogP contribution in [0.25, 0.3) is 0 Å². The van der Waals surface area contributed by atoms with Crippen molar-refractivity contribution >= 4 is 5.97 Å². The zero-order valence-corrected chi connectivity index (χ0v) is 13.3. The van der Waals surface area contributed by atoms with Gasteiger partial charge in [0.05, 0.1) is 12.7 Å².